The van der Waals surface area contributed by atoms with Crippen molar-refractivity contribution in [2.24, 2.45) is 0 Å². The highest BCUT2D eigenvalue weighted by molar-refractivity contribution is 5.66. The van der Waals surface area contributed by atoms with E-state index in [1.165, 1.54) is 29.7 Å². The summed E-state index contributed by atoms with van der Waals surface area (Å²) in [6, 6.07) is 11.8. The third-order valence-electron chi connectivity index (χ3n) is 6.13. The van der Waals surface area contributed by atoms with Crippen LogP contribution in [0.1, 0.15) is 24.0 Å². The molecule has 1 saturated heterocycles. The number of hydrogen-bond acceptors (Lipinski definition) is 4. The van der Waals surface area contributed by atoms with E-state index in [9.17, 15) is 4.39 Å². The lowest BCUT2D eigenvalue weighted by Crippen LogP contribution is -2.45. The van der Waals surface area contributed by atoms with Gasteiger partial charge in [0.25, 0.3) is 0 Å². The fraction of sp³-hybridized carbons (Fsp3) is 0.455. The third kappa shape index (κ3) is 3.36. The molecule has 5 heteroatoms. The number of piperidine rings is 1. The van der Waals surface area contributed by atoms with Gasteiger partial charge in [0.1, 0.15) is 5.82 Å². The summed E-state index contributed by atoms with van der Waals surface area (Å²) in [4.78, 5) is 5.12. The number of likely N-dealkylation sites (tertiary alicyclic amines) is 1. The van der Waals surface area contributed by atoms with Crippen LogP contribution in [-0.2, 0) is 12.8 Å². The first-order valence-electron chi connectivity index (χ1n) is 9.92. The van der Waals surface area contributed by atoms with Crippen LogP contribution in [0.25, 0.3) is 0 Å². The number of ether oxygens (including phenoxy) is 2. The van der Waals surface area contributed by atoms with E-state index < -0.39 is 0 Å². The van der Waals surface area contributed by atoms with Gasteiger partial charge < -0.3 is 19.3 Å². The van der Waals surface area contributed by atoms with Crippen LogP contribution in [0.5, 0.6) is 11.5 Å². The van der Waals surface area contributed by atoms with Gasteiger partial charge in [-0.05, 0) is 55.0 Å². The van der Waals surface area contributed by atoms with Gasteiger partial charge in [0.05, 0.1) is 0 Å². The fourth-order valence-corrected chi connectivity index (χ4v) is 4.57. The average molecular weight is 368 g/mol. The third-order valence-corrected chi connectivity index (χ3v) is 6.13. The fourth-order valence-electron chi connectivity index (χ4n) is 4.57. The molecule has 0 aliphatic carbocycles. The molecule has 27 heavy (non-hydrogen) atoms. The number of halogens is 1. The van der Waals surface area contributed by atoms with E-state index in [-0.39, 0.29) is 5.82 Å². The predicted molar refractivity (Wildman–Crippen MR) is 103 cm³/mol. The zero-order chi connectivity index (χ0) is 18.2. The van der Waals surface area contributed by atoms with Crippen molar-refractivity contribution in [2.45, 2.75) is 31.7 Å². The molecule has 0 radical (unpaired) electrons. The number of anilines is 1. The van der Waals surface area contributed by atoms with Crippen molar-refractivity contribution in [3.05, 3.63) is 53.3 Å². The van der Waals surface area contributed by atoms with Crippen molar-refractivity contribution in [3.63, 3.8) is 0 Å². The molecule has 3 heterocycles. The topological polar surface area (TPSA) is 24.9 Å². The summed E-state index contributed by atoms with van der Waals surface area (Å²) >= 11 is 0. The van der Waals surface area contributed by atoms with E-state index in [1.807, 2.05) is 12.1 Å². The molecule has 142 valence electrons. The normalized spacial score (nSPS) is 19.5. The summed E-state index contributed by atoms with van der Waals surface area (Å²) < 4.78 is 24.1. The van der Waals surface area contributed by atoms with Gasteiger partial charge in [-0.15, -0.1) is 0 Å². The Hall–Kier alpha value is -2.27. The standard InChI is InChI=1S/C22H25FN2O2/c23-18-3-1-16(2-4-18)5-9-24-10-7-19(8-11-24)25-12-6-17-13-21-22(14-20(17)25)27-15-26-21/h1-4,13-14,19H,5-12,15H2. The van der Waals surface area contributed by atoms with Gasteiger partial charge in [0, 0.05) is 44.0 Å². The molecule has 0 bridgehead atoms. The Morgan fingerprint density at radius 2 is 1.70 bits per heavy atom. The van der Waals surface area contributed by atoms with Gasteiger partial charge in [0.2, 0.25) is 6.79 Å². The highest BCUT2D eigenvalue weighted by Crippen LogP contribution is 2.42. The van der Waals surface area contributed by atoms with Crippen LogP contribution in [0.2, 0.25) is 0 Å². The number of nitrogens with zero attached hydrogens (tertiary/aromatic N) is 2. The Balaban J connectivity index is 1.18. The lowest BCUT2D eigenvalue weighted by Gasteiger charge is -2.38. The monoisotopic (exact) mass is 368 g/mol. The Labute approximate surface area is 159 Å². The summed E-state index contributed by atoms with van der Waals surface area (Å²) in [5, 5.41) is 0. The van der Waals surface area contributed by atoms with Gasteiger partial charge in [0.15, 0.2) is 11.5 Å². The molecule has 4 nitrogen and oxygen atoms in total. The zero-order valence-electron chi connectivity index (χ0n) is 15.5. The second-order valence-corrected chi connectivity index (χ2v) is 7.73. The first kappa shape index (κ1) is 16.9. The van der Waals surface area contributed by atoms with Crippen LogP contribution in [0.15, 0.2) is 36.4 Å². The Bertz CT molecular complexity index is 816. The smallest absolute Gasteiger partial charge is 0.231 e. The molecule has 2 aromatic rings. The first-order valence-corrected chi connectivity index (χ1v) is 9.92. The van der Waals surface area contributed by atoms with Crippen molar-refractivity contribution in [3.8, 4) is 11.5 Å². The number of hydrogen-bond donors (Lipinski definition) is 0. The summed E-state index contributed by atoms with van der Waals surface area (Å²) in [5.74, 6) is 1.62. The molecule has 3 aliphatic rings. The van der Waals surface area contributed by atoms with Crippen LogP contribution in [-0.4, -0.2) is 43.9 Å². The van der Waals surface area contributed by atoms with E-state index in [1.54, 1.807) is 12.1 Å². The molecular weight excluding hydrogens is 343 g/mol. The molecule has 0 saturated carbocycles. The van der Waals surface area contributed by atoms with Crippen LogP contribution < -0.4 is 14.4 Å². The summed E-state index contributed by atoms with van der Waals surface area (Å²) in [7, 11) is 0. The molecule has 2 aromatic carbocycles. The van der Waals surface area contributed by atoms with Gasteiger partial charge in [-0.3, -0.25) is 0 Å². The molecule has 0 N–H and O–H groups in total. The average Bonchev–Trinajstić information content (AvgIpc) is 3.32. The molecule has 5 rings (SSSR count). The molecule has 0 aromatic heterocycles. The Kier molecular flexibility index (Phi) is 4.40. The Morgan fingerprint density at radius 3 is 2.48 bits per heavy atom. The van der Waals surface area contributed by atoms with Gasteiger partial charge >= 0.3 is 0 Å². The van der Waals surface area contributed by atoms with Crippen molar-refractivity contribution >= 4 is 5.69 Å². The minimum Gasteiger partial charge on any atom is -0.454 e. The largest absolute Gasteiger partial charge is 0.454 e. The number of benzene rings is 2. The van der Waals surface area contributed by atoms with Crippen molar-refractivity contribution < 1.29 is 13.9 Å². The van der Waals surface area contributed by atoms with Crippen molar-refractivity contribution in [1.29, 1.82) is 0 Å². The maximum absolute atomic E-state index is 13.0. The first-order chi connectivity index (χ1) is 13.3. The lowest BCUT2D eigenvalue weighted by atomic mass is 10.0. The minimum absolute atomic E-state index is 0.159. The molecule has 0 spiro atoms. The van der Waals surface area contributed by atoms with Crippen LogP contribution >= 0.6 is 0 Å². The summed E-state index contributed by atoms with van der Waals surface area (Å²) in [6.07, 6.45) is 4.46. The van der Waals surface area contributed by atoms with Crippen molar-refractivity contribution in [1.82, 2.24) is 4.90 Å². The van der Waals surface area contributed by atoms with E-state index in [4.69, 9.17) is 9.47 Å². The summed E-state index contributed by atoms with van der Waals surface area (Å²) in [6.45, 7) is 4.74. The van der Waals surface area contributed by atoms with E-state index in [0.29, 0.717) is 12.8 Å². The maximum atomic E-state index is 13.0. The second kappa shape index (κ2) is 7.04. The molecule has 0 atom stereocenters. The highest BCUT2D eigenvalue weighted by atomic mass is 19.1. The quantitative estimate of drug-likeness (QED) is 0.823. The molecule has 0 unspecified atom stereocenters. The summed E-state index contributed by atoms with van der Waals surface area (Å²) in [5.41, 5.74) is 3.94. The molecule has 1 fully saturated rings. The molecule has 0 amide bonds. The predicted octanol–water partition coefficient (Wildman–Crippen LogP) is 3.62. The lowest BCUT2D eigenvalue weighted by molar-refractivity contribution is 0.174. The SMILES string of the molecule is Fc1ccc(CCN2CCC(N3CCc4cc5c(cc43)OCO5)CC2)cc1. The number of rotatable bonds is 4. The second-order valence-electron chi connectivity index (χ2n) is 7.73. The van der Waals surface area contributed by atoms with E-state index in [2.05, 4.69) is 21.9 Å². The van der Waals surface area contributed by atoms with Gasteiger partial charge in [-0.1, -0.05) is 12.1 Å². The van der Waals surface area contributed by atoms with Gasteiger partial charge in [-0.2, -0.15) is 0 Å². The highest BCUT2D eigenvalue weighted by Gasteiger charge is 2.31. The number of fused-ring (bicyclic) bond motifs is 2. The maximum Gasteiger partial charge on any atom is 0.231 e. The van der Waals surface area contributed by atoms with Crippen LogP contribution in [0.4, 0.5) is 10.1 Å². The van der Waals surface area contributed by atoms with Crippen LogP contribution in [0.3, 0.4) is 0 Å². The van der Waals surface area contributed by atoms with Crippen LogP contribution in [0, 0.1) is 5.82 Å². The molecular formula is C22H25FN2O2. The minimum atomic E-state index is -0.159. The van der Waals surface area contributed by atoms with E-state index in [0.717, 1.165) is 50.5 Å². The van der Waals surface area contributed by atoms with E-state index >= 15 is 0 Å². The molecule has 3 aliphatic heterocycles. The van der Waals surface area contributed by atoms with Gasteiger partial charge in [-0.25, -0.2) is 4.39 Å². The Morgan fingerprint density at radius 1 is 0.963 bits per heavy atom. The zero-order valence-corrected chi connectivity index (χ0v) is 15.5. The van der Waals surface area contributed by atoms with Crippen molar-refractivity contribution in [2.75, 3.05) is 37.9 Å².